The number of aromatic nitrogens is 2. The van der Waals surface area contributed by atoms with Gasteiger partial charge >= 0.3 is 0 Å². The van der Waals surface area contributed by atoms with E-state index in [1.54, 1.807) is 0 Å². The van der Waals surface area contributed by atoms with E-state index in [-0.39, 0.29) is 6.04 Å². The number of hydrogen-bond donors (Lipinski definition) is 0. The van der Waals surface area contributed by atoms with Gasteiger partial charge in [-0.2, -0.15) is 5.06 Å². The van der Waals surface area contributed by atoms with Crippen LogP contribution in [0.1, 0.15) is 86.8 Å². The molecule has 0 fully saturated rings. The highest BCUT2D eigenvalue weighted by molar-refractivity contribution is 6.09. The fourth-order valence-corrected chi connectivity index (χ4v) is 10.5. The van der Waals surface area contributed by atoms with Gasteiger partial charge in [0.15, 0.2) is 0 Å². The van der Waals surface area contributed by atoms with E-state index in [1.807, 2.05) is 16.3 Å². The molecule has 0 saturated heterocycles. The molecule has 9 aromatic rings. The molecule has 62 heavy (non-hydrogen) atoms. The van der Waals surface area contributed by atoms with Crippen LogP contribution >= 0.6 is 0 Å². The Bertz CT molecular complexity index is 3120. The zero-order valence-electron chi connectivity index (χ0n) is 36.2. The Morgan fingerprint density at radius 3 is 1.84 bits per heavy atom. The maximum Gasteiger partial charge on any atom is 0.138 e. The SMILES string of the molecule is CC(C)c1cccc(C(C)C)c1-c1ccnc(-n2c3ccccc3c3ccc(C4(c5cccc(N6ON(C(C)C)c7ccccc76)c5)c5ccccc5-c5ccccc54)cc32)c1. The van der Waals surface area contributed by atoms with Crippen molar-refractivity contribution in [2.24, 2.45) is 0 Å². The number of hydroxylamine groups is 1. The highest BCUT2D eigenvalue weighted by Crippen LogP contribution is 2.57. The molecular weight excluding hydrogens is 757 g/mol. The van der Waals surface area contributed by atoms with Gasteiger partial charge in [0, 0.05) is 17.0 Å². The number of para-hydroxylation sites is 3. The van der Waals surface area contributed by atoms with E-state index in [4.69, 9.17) is 9.92 Å². The standard InChI is InChI=1S/C57H50N4O/c1-36(2)43-22-16-23-44(37(3)4)56(43)39-31-32-58-55(33-39)59-51-26-12-9-21-47(51)48-30-29-41(35-54(48)59)57(49-24-10-7-19-45(49)46-20-8-11-25-50(46)57)40-17-15-18-42(34-40)61-53-28-14-13-27-52(53)60(62-61)38(5)6/h7-38H,1-6H3. The summed E-state index contributed by atoms with van der Waals surface area (Å²) in [4.78, 5) is 11.8. The van der Waals surface area contributed by atoms with Gasteiger partial charge in [-0.3, -0.25) is 4.57 Å². The minimum atomic E-state index is -0.646. The van der Waals surface area contributed by atoms with E-state index in [1.165, 1.54) is 66.4 Å². The fourth-order valence-electron chi connectivity index (χ4n) is 10.5. The highest BCUT2D eigenvalue weighted by atomic mass is 16.8. The third-order valence-corrected chi connectivity index (χ3v) is 13.2. The fraction of sp³-hybridized carbons (Fsp3) is 0.175. The Labute approximate surface area is 364 Å². The van der Waals surface area contributed by atoms with E-state index in [9.17, 15) is 0 Å². The van der Waals surface area contributed by atoms with Crippen molar-refractivity contribution in [1.82, 2.24) is 9.55 Å². The molecule has 5 nitrogen and oxygen atoms in total. The zero-order chi connectivity index (χ0) is 42.3. The van der Waals surface area contributed by atoms with Gasteiger partial charge in [0.1, 0.15) is 5.82 Å². The van der Waals surface area contributed by atoms with Crippen molar-refractivity contribution in [3.63, 3.8) is 0 Å². The van der Waals surface area contributed by atoms with Crippen LogP contribution < -0.4 is 10.1 Å². The summed E-state index contributed by atoms with van der Waals surface area (Å²) in [6, 6.07) is 62.7. The smallest absolute Gasteiger partial charge is 0.138 e. The Hall–Kier alpha value is -6.95. The van der Waals surface area contributed by atoms with Crippen molar-refractivity contribution >= 4 is 38.9 Å². The molecular formula is C57H50N4O. The molecule has 0 spiro atoms. The van der Waals surface area contributed by atoms with Crippen LogP contribution in [0.2, 0.25) is 0 Å². The molecule has 11 rings (SSSR count). The average molecular weight is 807 g/mol. The van der Waals surface area contributed by atoms with Gasteiger partial charge in [0.05, 0.1) is 39.6 Å². The first-order chi connectivity index (χ1) is 30.3. The Morgan fingerprint density at radius 2 is 1.13 bits per heavy atom. The third-order valence-electron chi connectivity index (χ3n) is 13.2. The third kappa shape index (κ3) is 5.61. The molecule has 2 aliphatic rings. The van der Waals surface area contributed by atoms with Crippen LogP contribution in [0.3, 0.4) is 0 Å². The molecule has 304 valence electrons. The van der Waals surface area contributed by atoms with Crippen LogP contribution in [0, 0.1) is 0 Å². The van der Waals surface area contributed by atoms with Crippen LogP contribution in [-0.2, 0) is 10.4 Å². The van der Waals surface area contributed by atoms with Gasteiger partial charge in [-0.1, -0.05) is 149 Å². The molecule has 7 aromatic carbocycles. The maximum absolute atomic E-state index is 6.67. The summed E-state index contributed by atoms with van der Waals surface area (Å²) in [7, 11) is 0. The van der Waals surface area contributed by atoms with Gasteiger partial charge in [-0.05, 0) is 130 Å². The van der Waals surface area contributed by atoms with Gasteiger partial charge in [0.2, 0.25) is 0 Å². The molecule has 1 aliphatic heterocycles. The second kappa shape index (κ2) is 14.6. The average Bonchev–Trinajstić information content (AvgIpc) is 3.96. The number of hydrogen-bond acceptors (Lipinski definition) is 4. The van der Waals surface area contributed by atoms with Crippen molar-refractivity contribution in [2.45, 2.75) is 64.8 Å². The van der Waals surface area contributed by atoms with Gasteiger partial charge in [0.25, 0.3) is 0 Å². The second-order valence-electron chi connectivity index (χ2n) is 17.8. The van der Waals surface area contributed by atoms with Crippen molar-refractivity contribution < 1.29 is 4.94 Å². The van der Waals surface area contributed by atoms with Gasteiger partial charge in [-0.15, -0.1) is 4.94 Å². The summed E-state index contributed by atoms with van der Waals surface area (Å²) in [5.41, 5.74) is 17.3. The first-order valence-electron chi connectivity index (χ1n) is 22.1. The van der Waals surface area contributed by atoms with Gasteiger partial charge < -0.3 is 0 Å². The lowest BCUT2D eigenvalue weighted by Crippen LogP contribution is -2.31. The minimum Gasteiger partial charge on any atom is -0.294 e. The lowest BCUT2D eigenvalue weighted by atomic mass is 9.67. The molecule has 2 aromatic heterocycles. The number of benzene rings is 7. The summed E-state index contributed by atoms with van der Waals surface area (Å²) in [6.07, 6.45) is 1.99. The van der Waals surface area contributed by atoms with Crippen LogP contribution in [-0.4, -0.2) is 15.6 Å². The van der Waals surface area contributed by atoms with Gasteiger partial charge in [-0.25, -0.2) is 10.0 Å². The molecule has 0 amide bonds. The van der Waals surface area contributed by atoms with Crippen LogP contribution in [0.4, 0.5) is 17.1 Å². The maximum atomic E-state index is 6.67. The topological polar surface area (TPSA) is 33.5 Å². The number of pyridine rings is 1. The normalized spacial score (nSPS) is 14.1. The summed E-state index contributed by atoms with van der Waals surface area (Å²) in [6.45, 7) is 13.5. The number of anilines is 3. The predicted molar refractivity (Wildman–Crippen MR) is 257 cm³/mol. The van der Waals surface area contributed by atoms with E-state index in [2.05, 4.69) is 216 Å². The number of rotatable bonds is 8. The highest BCUT2D eigenvalue weighted by Gasteiger charge is 2.46. The summed E-state index contributed by atoms with van der Waals surface area (Å²) in [5, 5.41) is 6.39. The van der Waals surface area contributed by atoms with E-state index in [0.717, 1.165) is 33.9 Å². The lowest BCUT2D eigenvalue weighted by Gasteiger charge is -2.34. The minimum absolute atomic E-state index is 0.153. The Morgan fingerprint density at radius 1 is 0.516 bits per heavy atom. The molecule has 0 unspecified atom stereocenters. The molecule has 1 aliphatic carbocycles. The quantitative estimate of drug-likeness (QED) is 0.153. The molecule has 0 atom stereocenters. The predicted octanol–water partition coefficient (Wildman–Crippen LogP) is 14.7. The zero-order valence-corrected chi connectivity index (χ0v) is 36.2. The molecule has 0 N–H and O–H groups in total. The first kappa shape index (κ1) is 38.0. The van der Waals surface area contributed by atoms with Crippen molar-refractivity contribution in [1.29, 1.82) is 0 Å². The van der Waals surface area contributed by atoms with Crippen molar-refractivity contribution in [3.05, 3.63) is 209 Å². The largest absolute Gasteiger partial charge is 0.294 e. The molecule has 0 saturated carbocycles. The molecule has 5 heteroatoms. The van der Waals surface area contributed by atoms with Crippen molar-refractivity contribution in [3.8, 4) is 28.1 Å². The number of fused-ring (bicyclic) bond motifs is 7. The summed E-state index contributed by atoms with van der Waals surface area (Å²) in [5.74, 6) is 1.66. The van der Waals surface area contributed by atoms with E-state index in [0.29, 0.717) is 11.8 Å². The van der Waals surface area contributed by atoms with E-state index >= 15 is 0 Å². The lowest BCUT2D eigenvalue weighted by molar-refractivity contribution is 0.112. The van der Waals surface area contributed by atoms with Crippen LogP contribution in [0.5, 0.6) is 0 Å². The Kier molecular flexibility index (Phi) is 8.95. The molecule has 3 heterocycles. The first-order valence-corrected chi connectivity index (χ1v) is 22.1. The second-order valence-corrected chi connectivity index (χ2v) is 17.8. The van der Waals surface area contributed by atoms with Crippen LogP contribution in [0.25, 0.3) is 49.9 Å². The van der Waals surface area contributed by atoms with E-state index < -0.39 is 5.41 Å². The van der Waals surface area contributed by atoms with Crippen LogP contribution in [0.15, 0.2) is 176 Å². The monoisotopic (exact) mass is 806 g/mol. The summed E-state index contributed by atoms with van der Waals surface area (Å²) >= 11 is 0. The van der Waals surface area contributed by atoms with Crippen molar-refractivity contribution in [2.75, 3.05) is 10.1 Å². The number of nitrogens with zero attached hydrogens (tertiary/aromatic N) is 4. The summed E-state index contributed by atoms with van der Waals surface area (Å²) < 4.78 is 2.39. The molecule has 0 bridgehead atoms. The Balaban J connectivity index is 1.17. The molecule has 0 radical (unpaired) electrons.